The number of carbonyl (C=O) groups is 1. The van der Waals surface area contributed by atoms with E-state index in [1.165, 1.54) is 5.69 Å². The van der Waals surface area contributed by atoms with Crippen LogP contribution in [0.2, 0.25) is 0 Å². The molecule has 5 rings (SSSR count). The van der Waals surface area contributed by atoms with Crippen LogP contribution in [0, 0.1) is 0 Å². The molecule has 0 radical (unpaired) electrons. The highest BCUT2D eigenvalue weighted by molar-refractivity contribution is 6.07. The molecule has 2 amide bonds. The number of nitrogens with zero attached hydrogens (tertiary/aromatic N) is 3. The molecule has 1 aromatic heterocycles. The Morgan fingerprint density at radius 3 is 2.55 bits per heavy atom. The van der Waals surface area contributed by atoms with Gasteiger partial charge in [0.05, 0.1) is 30.8 Å². The summed E-state index contributed by atoms with van der Waals surface area (Å²) in [6.07, 6.45) is 1.62. The standard InChI is InChI=1S/C21H20N6O2/c28-21-24-17-4-2-1-3-16(17)19-18(25-21)13-22-20(26-19)23-14-5-7-15(8-6-14)27-9-11-29-12-10-27/h1-8,13H,9-12H2,(H,22,23,26)(H2,24,25,28). The lowest BCUT2D eigenvalue weighted by atomic mass is 10.1. The Bertz CT molecular complexity index is 1050. The largest absolute Gasteiger partial charge is 0.378 e. The molecular formula is C21H20N6O2. The molecule has 3 N–H and O–H groups in total. The van der Waals surface area contributed by atoms with Crippen molar-refractivity contribution < 1.29 is 9.53 Å². The summed E-state index contributed by atoms with van der Waals surface area (Å²) in [5.74, 6) is 0.467. The lowest BCUT2D eigenvalue weighted by molar-refractivity contribution is 0.122. The van der Waals surface area contributed by atoms with Crippen molar-refractivity contribution in [2.75, 3.05) is 47.2 Å². The number of benzene rings is 2. The second kappa shape index (κ2) is 7.40. The van der Waals surface area contributed by atoms with Gasteiger partial charge >= 0.3 is 6.03 Å². The van der Waals surface area contributed by atoms with Crippen molar-refractivity contribution in [1.29, 1.82) is 0 Å². The Balaban J connectivity index is 1.41. The summed E-state index contributed by atoms with van der Waals surface area (Å²) >= 11 is 0. The first-order valence-corrected chi connectivity index (χ1v) is 9.50. The number of amides is 2. The van der Waals surface area contributed by atoms with Crippen LogP contribution in [0.15, 0.2) is 54.7 Å². The summed E-state index contributed by atoms with van der Waals surface area (Å²) in [5, 5.41) is 8.86. The van der Waals surface area contributed by atoms with Gasteiger partial charge in [-0.1, -0.05) is 18.2 Å². The summed E-state index contributed by atoms with van der Waals surface area (Å²) < 4.78 is 5.41. The van der Waals surface area contributed by atoms with E-state index in [0.717, 1.165) is 37.6 Å². The first kappa shape index (κ1) is 17.4. The summed E-state index contributed by atoms with van der Waals surface area (Å²) in [4.78, 5) is 23.4. The van der Waals surface area contributed by atoms with Crippen molar-refractivity contribution in [3.8, 4) is 11.3 Å². The van der Waals surface area contributed by atoms with E-state index in [9.17, 15) is 4.79 Å². The predicted molar refractivity (Wildman–Crippen MR) is 113 cm³/mol. The average molecular weight is 388 g/mol. The molecule has 0 bridgehead atoms. The summed E-state index contributed by atoms with van der Waals surface area (Å²) in [5.41, 5.74) is 4.86. The molecule has 0 aliphatic carbocycles. The number of hydrogen-bond donors (Lipinski definition) is 3. The molecule has 2 aliphatic rings. The van der Waals surface area contributed by atoms with E-state index in [0.29, 0.717) is 23.0 Å². The van der Waals surface area contributed by atoms with E-state index >= 15 is 0 Å². The van der Waals surface area contributed by atoms with Crippen LogP contribution >= 0.6 is 0 Å². The number of morpholine rings is 1. The maximum atomic E-state index is 12.0. The Morgan fingerprint density at radius 1 is 0.966 bits per heavy atom. The van der Waals surface area contributed by atoms with Crippen LogP contribution in [0.1, 0.15) is 0 Å². The van der Waals surface area contributed by atoms with E-state index in [4.69, 9.17) is 4.74 Å². The number of para-hydroxylation sites is 1. The SMILES string of the molecule is O=C1Nc2ccccc2-c2nc(Nc3ccc(N4CCOCC4)cc3)ncc2N1. The van der Waals surface area contributed by atoms with Crippen LogP contribution in [0.25, 0.3) is 11.3 Å². The summed E-state index contributed by atoms with van der Waals surface area (Å²) in [7, 11) is 0. The topological polar surface area (TPSA) is 91.4 Å². The zero-order chi connectivity index (χ0) is 19.6. The van der Waals surface area contributed by atoms with Crippen molar-refractivity contribution in [2.45, 2.75) is 0 Å². The highest BCUT2D eigenvalue weighted by Gasteiger charge is 2.20. The van der Waals surface area contributed by atoms with Gasteiger partial charge in [-0.3, -0.25) is 0 Å². The first-order chi connectivity index (χ1) is 14.3. The van der Waals surface area contributed by atoms with Gasteiger partial charge in [0.15, 0.2) is 0 Å². The number of aromatic nitrogens is 2. The number of ether oxygens (including phenoxy) is 1. The van der Waals surface area contributed by atoms with Crippen LogP contribution in [0.4, 0.5) is 33.5 Å². The summed E-state index contributed by atoms with van der Waals surface area (Å²) in [6, 6.07) is 15.4. The molecule has 0 spiro atoms. The number of rotatable bonds is 3. The molecule has 3 aromatic rings. The normalized spacial score (nSPS) is 15.4. The third kappa shape index (κ3) is 3.57. The van der Waals surface area contributed by atoms with Gasteiger partial charge in [0.2, 0.25) is 5.95 Å². The summed E-state index contributed by atoms with van der Waals surface area (Å²) in [6.45, 7) is 3.32. The second-order valence-corrected chi connectivity index (χ2v) is 6.85. The van der Waals surface area contributed by atoms with Gasteiger partial charge in [-0.05, 0) is 30.3 Å². The van der Waals surface area contributed by atoms with Crippen LogP contribution in [0.5, 0.6) is 0 Å². The fourth-order valence-electron chi connectivity index (χ4n) is 3.52. The van der Waals surface area contributed by atoms with Crippen LogP contribution in [-0.4, -0.2) is 42.3 Å². The third-order valence-corrected chi connectivity index (χ3v) is 4.97. The van der Waals surface area contributed by atoms with Gasteiger partial charge in [-0.25, -0.2) is 14.8 Å². The number of fused-ring (bicyclic) bond motifs is 3. The molecule has 2 aliphatic heterocycles. The molecule has 146 valence electrons. The number of carbonyl (C=O) groups excluding carboxylic acids is 1. The Hall–Kier alpha value is -3.65. The van der Waals surface area contributed by atoms with E-state index in [1.807, 2.05) is 36.4 Å². The molecular weight excluding hydrogens is 368 g/mol. The lowest BCUT2D eigenvalue weighted by Crippen LogP contribution is -2.36. The monoisotopic (exact) mass is 388 g/mol. The molecule has 0 atom stereocenters. The third-order valence-electron chi connectivity index (χ3n) is 4.97. The molecule has 2 aromatic carbocycles. The van der Waals surface area contributed by atoms with Crippen molar-refractivity contribution in [3.63, 3.8) is 0 Å². The molecule has 3 heterocycles. The Kier molecular flexibility index (Phi) is 4.45. The molecule has 1 fully saturated rings. The van der Waals surface area contributed by atoms with Gasteiger partial charge in [-0.15, -0.1) is 0 Å². The maximum Gasteiger partial charge on any atom is 0.323 e. The molecule has 8 nitrogen and oxygen atoms in total. The molecule has 0 unspecified atom stereocenters. The quantitative estimate of drug-likeness (QED) is 0.634. The number of urea groups is 1. The smallest absolute Gasteiger partial charge is 0.323 e. The van der Waals surface area contributed by atoms with Gasteiger partial charge < -0.3 is 25.6 Å². The van der Waals surface area contributed by atoms with E-state index in [-0.39, 0.29) is 6.03 Å². The Labute approximate surface area is 167 Å². The first-order valence-electron chi connectivity index (χ1n) is 9.50. The number of nitrogens with one attached hydrogen (secondary N) is 3. The van der Waals surface area contributed by atoms with Crippen LogP contribution < -0.4 is 20.9 Å². The zero-order valence-electron chi connectivity index (χ0n) is 15.7. The van der Waals surface area contributed by atoms with Crippen molar-refractivity contribution in [3.05, 3.63) is 54.7 Å². The molecule has 0 saturated carbocycles. The minimum Gasteiger partial charge on any atom is -0.378 e. The second-order valence-electron chi connectivity index (χ2n) is 6.85. The minimum atomic E-state index is -0.306. The average Bonchev–Trinajstić information content (AvgIpc) is 2.90. The van der Waals surface area contributed by atoms with Crippen molar-refractivity contribution >= 4 is 34.7 Å². The van der Waals surface area contributed by atoms with Crippen LogP contribution in [-0.2, 0) is 4.74 Å². The van der Waals surface area contributed by atoms with Crippen molar-refractivity contribution in [2.24, 2.45) is 0 Å². The van der Waals surface area contributed by atoms with Gasteiger partial charge in [0.25, 0.3) is 0 Å². The minimum absolute atomic E-state index is 0.306. The van der Waals surface area contributed by atoms with Gasteiger partial charge in [0.1, 0.15) is 5.69 Å². The van der Waals surface area contributed by atoms with E-state index in [1.54, 1.807) is 6.20 Å². The van der Waals surface area contributed by atoms with Crippen LogP contribution in [0.3, 0.4) is 0 Å². The fourth-order valence-corrected chi connectivity index (χ4v) is 3.52. The van der Waals surface area contributed by atoms with Gasteiger partial charge in [0, 0.05) is 30.0 Å². The highest BCUT2D eigenvalue weighted by atomic mass is 16.5. The molecule has 29 heavy (non-hydrogen) atoms. The fraction of sp³-hybridized carbons (Fsp3) is 0.190. The lowest BCUT2D eigenvalue weighted by Gasteiger charge is -2.28. The van der Waals surface area contributed by atoms with Gasteiger partial charge in [-0.2, -0.15) is 0 Å². The number of anilines is 5. The Morgan fingerprint density at radius 2 is 1.72 bits per heavy atom. The van der Waals surface area contributed by atoms with E-state index in [2.05, 4.69) is 43.0 Å². The maximum absolute atomic E-state index is 12.0. The zero-order valence-corrected chi connectivity index (χ0v) is 15.7. The van der Waals surface area contributed by atoms with E-state index < -0.39 is 0 Å². The van der Waals surface area contributed by atoms with Crippen molar-refractivity contribution in [1.82, 2.24) is 9.97 Å². The highest BCUT2D eigenvalue weighted by Crippen LogP contribution is 2.35. The predicted octanol–water partition coefficient (Wildman–Crippen LogP) is 3.68. The molecule has 1 saturated heterocycles. The number of hydrogen-bond acceptors (Lipinski definition) is 6. The molecule has 8 heteroatoms.